The van der Waals surface area contributed by atoms with Crippen LogP contribution < -0.4 is 16.2 Å². The van der Waals surface area contributed by atoms with Gasteiger partial charge in [-0.1, -0.05) is 13.8 Å². The van der Waals surface area contributed by atoms with Crippen LogP contribution in [-0.4, -0.2) is 40.1 Å². The van der Waals surface area contributed by atoms with E-state index in [1.807, 2.05) is 6.92 Å². The second-order valence-electron chi connectivity index (χ2n) is 10.5. The fourth-order valence-electron chi connectivity index (χ4n) is 5.90. The first-order valence-electron chi connectivity index (χ1n) is 13.3. The van der Waals surface area contributed by atoms with Crippen LogP contribution in [0.25, 0.3) is 22.3 Å². The van der Waals surface area contributed by atoms with E-state index in [1.165, 1.54) is 6.07 Å². The maximum Gasteiger partial charge on any atom is 0.293 e. The molecule has 1 aromatic carbocycles. The highest BCUT2D eigenvalue weighted by Crippen LogP contribution is 2.45. The number of aliphatic hydroxyl groups is 1. The minimum atomic E-state index is -1.36. The van der Waals surface area contributed by atoms with E-state index in [9.17, 15) is 23.9 Å². The zero-order chi connectivity index (χ0) is 28.1. The predicted molar refractivity (Wildman–Crippen MR) is 144 cm³/mol. The summed E-state index contributed by atoms with van der Waals surface area (Å²) in [5, 5.41) is 18.2. The number of hydrogen-bond acceptors (Lipinski definition) is 7. The van der Waals surface area contributed by atoms with Gasteiger partial charge in [-0.05, 0) is 68.0 Å². The van der Waals surface area contributed by atoms with Gasteiger partial charge in [-0.3, -0.25) is 14.4 Å². The van der Waals surface area contributed by atoms with Crippen LogP contribution in [0.15, 0.2) is 16.9 Å². The number of carbonyl (C=O) groups is 2. The zero-order valence-corrected chi connectivity index (χ0v) is 22.6. The molecular weight excluding hydrogens is 503 g/mol. The van der Waals surface area contributed by atoms with E-state index in [0.717, 1.165) is 22.1 Å². The molecule has 3 aromatic rings. The summed E-state index contributed by atoms with van der Waals surface area (Å²) in [5.74, 6) is -0.498. The number of benzene rings is 1. The molecule has 0 saturated carbocycles. The molecule has 9 nitrogen and oxygen atoms in total. The SMILES string of the molecule is CCNCC(=O)NC1CCc2c(C)c(F)cc3nc4c(c1c23)Cn1c-4cc(C(C)(O)CC)c(COC=O)c1=O. The van der Waals surface area contributed by atoms with Gasteiger partial charge in [0.05, 0.1) is 47.2 Å². The Bertz CT molecular complexity index is 1560. The molecule has 3 N–H and O–H groups in total. The summed E-state index contributed by atoms with van der Waals surface area (Å²) >= 11 is 0. The van der Waals surface area contributed by atoms with Gasteiger partial charge in [0.1, 0.15) is 12.4 Å². The second kappa shape index (κ2) is 10.2. The summed E-state index contributed by atoms with van der Waals surface area (Å²) in [5.41, 5.74) is 3.35. The van der Waals surface area contributed by atoms with Crippen LogP contribution in [0.5, 0.6) is 0 Å². The summed E-state index contributed by atoms with van der Waals surface area (Å²) in [6.07, 6.45) is 1.49. The lowest BCUT2D eigenvalue weighted by molar-refractivity contribution is -0.130. The summed E-state index contributed by atoms with van der Waals surface area (Å²) in [4.78, 5) is 42.3. The van der Waals surface area contributed by atoms with Gasteiger partial charge in [-0.2, -0.15) is 0 Å². The molecular formula is C29H33FN4O5. The van der Waals surface area contributed by atoms with Crippen molar-refractivity contribution in [1.82, 2.24) is 20.2 Å². The molecule has 2 aliphatic rings. The molecule has 1 aliphatic heterocycles. The Kier molecular flexibility index (Phi) is 7.02. The number of hydrogen-bond donors (Lipinski definition) is 3. The van der Waals surface area contributed by atoms with Crippen LogP contribution >= 0.6 is 0 Å². The summed E-state index contributed by atoms with van der Waals surface area (Å²) in [7, 11) is 0. The molecule has 5 rings (SSSR count). The zero-order valence-electron chi connectivity index (χ0n) is 22.6. The number of nitrogens with one attached hydrogen (secondary N) is 2. The van der Waals surface area contributed by atoms with Crippen molar-refractivity contribution in [3.63, 3.8) is 0 Å². The highest BCUT2D eigenvalue weighted by Gasteiger charge is 2.36. The molecule has 0 fully saturated rings. The fraction of sp³-hybridized carbons (Fsp3) is 0.448. The summed E-state index contributed by atoms with van der Waals surface area (Å²) in [6, 6.07) is 2.80. The maximum absolute atomic E-state index is 15.0. The van der Waals surface area contributed by atoms with Gasteiger partial charge in [0.2, 0.25) is 5.91 Å². The quantitative estimate of drug-likeness (QED) is 0.281. The predicted octanol–water partition coefficient (Wildman–Crippen LogP) is 2.88. The topological polar surface area (TPSA) is 123 Å². The third kappa shape index (κ3) is 4.41. The normalized spacial score (nSPS) is 16.9. The first-order chi connectivity index (χ1) is 18.6. The number of nitrogens with zero attached hydrogens (tertiary/aromatic N) is 2. The van der Waals surface area contributed by atoms with Crippen molar-refractivity contribution in [1.29, 1.82) is 0 Å². The molecule has 0 bridgehead atoms. The van der Waals surface area contributed by atoms with Crippen LogP contribution in [0, 0.1) is 12.7 Å². The van der Waals surface area contributed by atoms with E-state index < -0.39 is 11.2 Å². The van der Waals surface area contributed by atoms with E-state index in [0.29, 0.717) is 53.8 Å². The van der Waals surface area contributed by atoms with E-state index >= 15 is 0 Å². The monoisotopic (exact) mass is 536 g/mol. The third-order valence-electron chi connectivity index (χ3n) is 8.17. The van der Waals surface area contributed by atoms with Crippen molar-refractivity contribution in [3.05, 3.63) is 61.7 Å². The van der Waals surface area contributed by atoms with E-state index in [4.69, 9.17) is 9.72 Å². The van der Waals surface area contributed by atoms with Crippen LogP contribution in [0.2, 0.25) is 0 Å². The molecule has 1 aliphatic carbocycles. The number of halogens is 1. The van der Waals surface area contributed by atoms with E-state index in [-0.39, 0.29) is 49.5 Å². The molecule has 0 spiro atoms. The molecule has 0 saturated heterocycles. The van der Waals surface area contributed by atoms with Gasteiger partial charge in [0, 0.05) is 17.0 Å². The first-order valence-corrected chi connectivity index (χ1v) is 13.3. The Hall–Kier alpha value is -3.63. The number of fused-ring (bicyclic) bond motifs is 4. The number of ether oxygens (including phenoxy) is 1. The van der Waals surface area contributed by atoms with Crippen LogP contribution in [-0.2, 0) is 39.5 Å². The third-order valence-corrected chi connectivity index (χ3v) is 8.17. The number of amides is 1. The smallest absolute Gasteiger partial charge is 0.293 e. The van der Waals surface area contributed by atoms with E-state index in [2.05, 4.69) is 10.6 Å². The Balaban J connectivity index is 1.77. The van der Waals surface area contributed by atoms with Gasteiger partial charge in [0.15, 0.2) is 0 Å². The highest BCUT2D eigenvalue weighted by molar-refractivity contribution is 5.93. The Morgan fingerprint density at radius 3 is 2.79 bits per heavy atom. The number of likely N-dealkylation sites (N-methyl/N-ethyl adjacent to an activating group) is 1. The van der Waals surface area contributed by atoms with Crippen molar-refractivity contribution in [3.8, 4) is 11.4 Å². The average molecular weight is 537 g/mol. The van der Waals surface area contributed by atoms with Crippen LogP contribution in [0.4, 0.5) is 4.39 Å². The van der Waals surface area contributed by atoms with Crippen molar-refractivity contribution >= 4 is 23.3 Å². The van der Waals surface area contributed by atoms with Gasteiger partial charge < -0.3 is 25.0 Å². The van der Waals surface area contributed by atoms with Gasteiger partial charge in [0.25, 0.3) is 12.0 Å². The molecule has 2 aromatic heterocycles. The van der Waals surface area contributed by atoms with Crippen molar-refractivity contribution in [2.75, 3.05) is 13.1 Å². The average Bonchev–Trinajstić information content (AvgIpc) is 3.29. The number of rotatable bonds is 9. The first kappa shape index (κ1) is 27.0. The standard InChI is InChI=1S/C29H33FN4O5/c1-5-29(4,38)19-9-23-27-17(12-34(23)28(37)18(19)13-39-14-35)26-21(32-24(36)11-31-6-2)8-7-16-15(3)20(30)10-22(33-27)25(16)26/h9-10,14,21,31,38H,5-8,11-13H2,1-4H3,(H,32,36). The minimum Gasteiger partial charge on any atom is -0.463 e. The lowest BCUT2D eigenvalue weighted by atomic mass is 9.81. The number of aromatic nitrogens is 2. The molecule has 0 radical (unpaired) electrons. The lowest BCUT2D eigenvalue weighted by Crippen LogP contribution is -2.38. The van der Waals surface area contributed by atoms with E-state index in [1.54, 1.807) is 31.4 Å². The molecule has 2 unspecified atom stereocenters. The van der Waals surface area contributed by atoms with Crippen LogP contribution in [0.3, 0.4) is 0 Å². The molecule has 39 heavy (non-hydrogen) atoms. The van der Waals surface area contributed by atoms with Crippen molar-refractivity contribution in [2.45, 2.75) is 71.8 Å². The molecule has 3 heterocycles. The molecule has 10 heteroatoms. The van der Waals surface area contributed by atoms with Crippen LogP contribution in [0.1, 0.15) is 73.0 Å². The largest absolute Gasteiger partial charge is 0.463 e. The molecule has 206 valence electrons. The Morgan fingerprint density at radius 2 is 2.10 bits per heavy atom. The minimum absolute atomic E-state index is 0.148. The number of pyridine rings is 2. The van der Waals surface area contributed by atoms with Gasteiger partial charge in [-0.15, -0.1) is 0 Å². The number of carbonyl (C=O) groups excluding carboxylic acids is 2. The summed E-state index contributed by atoms with van der Waals surface area (Å²) < 4.78 is 21.5. The maximum atomic E-state index is 15.0. The Labute approximate surface area is 225 Å². The Morgan fingerprint density at radius 1 is 1.33 bits per heavy atom. The second-order valence-corrected chi connectivity index (χ2v) is 10.5. The van der Waals surface area contributed by atoms with Crippen molar-refractivity contribution < 1.29 is 23.8 Å². The lowest BCUT2D eigenvalue weighted by Gasteiger charge is -2.29. The highest BCUT2D eigenvalue weighted by atomic mass is 19.1. The molecule has 1 amide bonds. The van der Waals surface area contributed by atoms with Gasteiger partial charge in [-0.25, -0.2) is 9.37 Å². The van der Waals surface area contributed by atoms with Crippen molar-refractivity contribution in [2.24, 2.45) is 0 Å². The van der Waals surface area contributed by atoms with Gasteiger partial charge >= 0.3 is 0 Å². The fourth-order valence-corrected chi connectivity index (χ4v) is 5.90. The molecule has 2 atom stereocenters. The summed E-state index contributed by atoms with van der Waals surface area (Å²) in [6.45, 7) is 8.11. The number of aryl methyl sites for hydroxylation is 1.